The van der Waals surface area contributed by atoms with E-state index < -0.39 is 0 Å². The molecule has 0 atom stereocenters. The summed E-state index contributed by atoms with van der Waals surface area (Å²) in [5.41, 5.74) is 2.34. The zero-order valence-corrected chi connectivity index (χ0v) is 18.7. The van der Waals surface area contributed by atoms with Crippen LogP contribution in [0.15, 0.2) is 65.5 Å². The van der Waals surface area contributed by atoms with Gasteiger partial charge in [-0.05, 0) is 30.3 Å². The first-order valence-corrected chi connectivity index (χ1v) is 10.9. The maximum absolute atomic E-state index is 12.8. The third-order valence-electron chi connectivity index (χ3n) is 5.60. The van der Waals surface area contributed by atoms with Crippen LogP contribution in [-0.4, -0.2) is 53.9 Å². The average Bonchev–Trinajstić information content (AvgIpc) is 2.84. The van der Waals surface area contributed by atoms with E-state index in [2.05, 4.69) is 10.00 Å². The number of piperazine rings is 1. The molecule has 0 saturated carbocycles. The van der Waals surface area contributed by atoms with Crippen molar-refractivity contribution < 1.29 is 9.53 Å². The minimum atomic E-state index is -0.225. The number of carbonyl (C=O) groups is 1. The second kappa shape index (κ2) is 9.87. The van der Waals surface area contributed by atoms with Crippen LogP contribution in [0.3, 0.4) is 0 Å². The molecule has 1 amide bonds. The molecule has 3 aromatic rings. The van der Waals surface area contributed by atoms with Gasteiger partial charge in [0.15, 0.2) is 0 Å². The van der Waals surface area contributed by atoms with Crippen LogP contribution in [-0.2, 0) is 11.3 Å². The Morgan fingerprint density at radius 3 is 2.44 bits per heavy atom. The molecular weight excluding hydrogens is 428 g/mol. The number of hydrogen-bond donors (Lipinski definition) is 0. The molecule has 2 aromatic carbocycles. The Labute approximate surface area is 191 Å². The van der Waals surface area contributed by atoms with Gasteiger partial charge in [0.2, 0.25) is 5.91 Å². The van der Waals surface area contributed by atoms with Gasteiger partial charge in [0.05, 0.1) is 25.0 Å². The van der Waals surface area contributed by atoms with E-state index in [0.717, 1.165) is 30.1 Å². The van der Waals surface area contributed by atoms with Gasteiger partial charge in [0.1, 0.15) is 5.75 Å². The standard InChI is InChI=1S/C24H25ClN4O3/c1-32-22-5-3-2-4-21(22)27-14-16-28(17-15-27)23(30)12-13-29-24(31)11-10-20(26-29)18-6-8-19(25)9-7-18/h2-11H,12-17H2,1H3. The summed E-state index contributed by atoms with van der Waals surface area (Å²) in [5.74, 6) is 0.855. The van der Waals surface area contributed by atoms with Crippen LogP contribution in [0.5, 0.6) is 5.75 Å². The zero-order valence-electron chi connectivity index (χ0n) is 17.9. The van der Waals surface area contributed by atoms with Crippen molar-refractivity contribution in [1.82, 2.24) is 14.7 Å². The molecule has 0 radical (unpaired) electrons. The predicted octanol–water partition coefficient (Wildman–Crippen LogP) is 3.31. The Balaban J connectivity index is 1.36. The number of nitrogens with zero attached hydrogens (tertiary/aromatic N) is 4. The summed E-state index contributed by atoms with van der Waals surface area (Å²) < 4.78 is 6.81. The molecule has 0 aliphatic carbocycles. The number of carbonyl (C=O) groups excluding carboxylic acids is 1. The van der Waals surface area contributed by atoms with Crippen molar-refractivity contribution in [2.45, 2.75) is 13.0 Å². The van der Waals surface area contributed by atoms with Gasteiger partial charge in [-0.25, -0.2) is 4.68 Å². The second-order valence-electron chi connectivity index (χ2n) is 7.58. The van der Waals surface area contributed by atoms with Crippen LogP contribution < -0.4 is 15.2 Å². The maximum Gasteiger partial charge on any atom is 0.266 e. The lowest BCUT2D eigenvalue weighted by Gasteiger charge is -2.36. The highest BCUT2D eigenvalue weighted by atomic mass is 35.5. The Morgan fingerprint density at radius 2 is 1.72 bits per heavy atom. The van der Waals surface area contributed by atoms with Gasteiger partial charge in [0, 0.05) is 49.3 Å². The first kappa shape index (κ1) is 21.9. The van der Waals surface area contributed by atoms with Crippen molar-refractivity contribution in [2.24, 2.45) is 0 Å². The van der Waals surface area contributed by atoms with Crippen molar-refractivity contribution in [1.29, 1.82) is 0 Å². The van der Waals surface area contributed by atoms with E-state index in [9.17, 15) is 9.59 Å². The first-order chi connectivity index (χ1) is 15.5. The summed E-state index contributed by atoms with van der Waals surface area (Å²) in [6.07, 6.45) is 0.228. The van der Waals surface area contributed by atoms with Gasteiger partial charge in [0.25, 0.3) is 5.56 Å². The number of halogens is 1. The van der Waals surface area contributed by atoms with Crippen LogP contribution >= 0.6 is 11.6 Å². The van der Waals surface area contributed by atoms with Gasteiger partial charge >= 0.3 is 0 Å². The van der Waals surface area contributed by atoms with E-state index >= 15 is 0 Å². The summed E-state index contributed by atoms with van der Waals surface area (Å²) >= 11 is 5.95. The third kappa shape index (κ3) is 4.94. The monoisotopic (exact) mass is 452 g/mol. The molecule has 0 unspecified atom stereocenters. The van der Waals surface area contributed by atoms with Crippen molar-refractivity contribution in [3.63, 3.8) is 0 Å². The molecule has 166 valence electrons. The summed E-state index contributed by atoms with van der Waals surface area (Å²) in [7, 11) is 1.66. The molecule has 1 fully saturated rings. The lowest BCUT2D eigenvalue weighted by Crippen LogP contribution is -2.49. The molecule has 1 aliphatic heterocycles. The number of aromatic nitrogens is 2. The minimum absolute atomic E-state index is 0.0234. The summed E-state index contributed by atoms with van der Waals surface area (Å²) in [6.45, 7) is 2.96. The highest BCUT2D eigenvalue weighted by molar-refractivity contribution is 6.30. The van der Waals surface area contributed by atoms with Crippen molar-refractivity contribution in [3.8, 4) is 17.0 Å². The maximum atomic E-state index is 12.8. The van der Waals surface area contributed by atoms with Gasteiger partial charge in [-0.3, -0.25) is 9.59 Å². The van der Waals surface area contributed by atoms with Gasteiger partial charge < -0.3 is 14.5 Å². The van der Waals surface area contributed by atoms with E-state index in [1.807, 2.05) is 41.3 Å². The topological polar surface area (TPSA) is 67.7 Å². The van der Waals surface area contributed by atoms with E-state index in [1.165, 1.54) is 10.7 Å². The quantitative estimate of drug-likeness (QED) is 0.574. The molecule has 1 aliphatic rings. The number of hydrogen-bond acceptors (Lipinski definition) is 5. The summed E-state index contributed by atoms with van der Waals surface area (Å²) in [4.78, 5) is 29.1. The average molecular weight is 453 g/mol. The number of para-hydroxylation sites is 2. The lowest BCUT2D eigenvalue weighted by molar-refractivity contribution is -0.131. The van der Waals surface area contributed by atoms with Crippen molar-refractivity contribution in [3.05, 3.63) is 76.0 Å². The van der Waals surface area contributed by atoms with Crippen LogP contribution in [0.25, 0.3) is 11.3 Å². The smallest absolute Gasteiger partial charge is 0.266 e. The number of aryl methyl sites for hydroxylation is 1. The van der Waals surface area contributed by atoms with Crippen LogP contribution in [0.2, 0.25) is 5.02 Å². The number of benzene rings is 2. The third-order valence-corrected chi connectivity index (χ3v) is 5.85. The van der Waals surface area contributed by atoms with E-state index in [0.29, 0.717) is 23.8 Å². The van der Waals surface area contributed by atoms with Crippen molar-refractivity contribution >= 4 is 23.2 Å². The number of ether oxygens (including phenoxy) is 1. The summed E-state index contributed by atoms with van der Waals surface area (Å²) in [6, 6.07) is 18.3. The first-order valence-electron chi connectivity index (χ1n) is 10.5. The number of amides is 1. The molecule has 7 nitrogen and oxygen atoms in total. The Kier molecular flexibility index (Phi) is 6.75. The van der Waals surface area contributed by atoms with Gasteiger partial charge in [-0.15, -0.1) is 0 Å². The molecule has 1 aromatic heterocycles. The Morgan fingerprint density at radius 1 is 1.00 bits per heavy atom. The molecular formula is C24H25ClN4O3. The number of rotatable bonds is 6. The Hall–Kier alpha value is -3.32. The van der Waals surface area contributed by atoms with Crippen LogP contribution in [0.1, 0.15) is 6.42 Å². The normalized spacial score (nSPS) is 13.8. The highest BCUT2D eigenvalue weighted by Gasteiger charge is 2.22. The van der Waals surface area contributed by atoms with E-state index in [1.54, 1.807) is 25.3 Å². The summed E-state index contributed by atoms with van der Waals surface area (Å²) in [5, 5.41) is 5.07. The molecule has 0 bridgehead atoms. The SMILES string of the molecule is COc1ccccc1N1CCN(C(=O)CCn2nc(-c3ccc(Cl)cc3)ccc2=O)CC1. The fourth-order valence-corrected chi connectivity index (χ4v) is 3.96. The van der Waals surface area contributed by atoms with E-state index in [-0.39, 0.29) is 24.4 Å². The van der Waals surface area contributed by atoms with Crippen molar-refractivity contribution in [2.75, 3.05) is 38.2 Å². The molecule has 2 heterocycles. The molecule has 1 saturated heterocycles. The fraction of sp³-hybridized carbons (Fsp3) is 0.292. The zero-order chi connectivity index (χ0) is 22.5. The van der Waals surface area contributed by atoms with Crippen LogP contribution in [0, 0.1) is 0 Å². The number of anilines is 1. The highest BCUT2D eigenvalue weighted by Crippen LogP contribution is 2.28. The second-order valence-corrected chi connectivity index (χ2v) is 8.01. The molecule has 4 rings (SSSR count). The Bertz CT molecular complexity index is 1140. The molecule has 0 spiro atoms. The number of methoxy groups -OCH3 is 1. The lowest BCUT2D eigenvalue weighted by atomic mass is 10.1. The van der Waals surface area contributed by atoms with Gasteiger partial charge in [-0.1, -0.05) is 35.9 Å². The largest absolute Gasteiger partial charge is 0.495 e. The molecule has 0 N–H and O–H groups in total. The van der Waals surface area contributed by atoms with E-state index in [4.69, 9.17) is 16.3 Å². The van der Waals surface area contributed by atoms with Gasteiger partial charge in [-0.2, -0.15) is 5.10 Å². The minimum Gasteiger partial charge on any atom is -0.495 e. The predicted molar refractivity (Wildman–Crippen MR) is 125 cm³/mol. The van der Waals surface area contributed by atoms with Crippen LogP contribution in [0.4, 0.5) is 5.69 Å². The molecule has 8 heteroatoms. The fourth-order valence-electron chi connectivity index (χ4n) is 3.83. The molecule has 32 heavy (non-hydrogen) atoms.